The van der Waals surface area contributed by atoms with Crippen LogP contribution in [-0.4, -0.2) is 33.2 Å². The van der Waals surface area contributed by atoms with E-state index in [0.717, 1.165) is 10.5 Å². The molecule has 2 rings (SSSR count). The van der Waals surface area contributed by atoms with Crippen molar-refractivity contribution in [3.8, 4) is 0 Å². The summed E-state index contributed by atoms with van der Waals surface area (Å²) in [7, 11) is 0. The number of benzene rings is 2. The lowest BCUT2D eigenvalue weighted by Gasteiger charge is -2.18. The minimum absolute atomic E-state index is 0.163. The van der Waals surface area contributed by atoms with Gasteiger partial charge in [0.05, 0.1) is 11.5 Å². The number of alkyl halides is 3. The number of esters is 1. The Balaban J connectivity index is 2.02. The predicted molar refractivity (Wildman–Crippen MR) is 114 cm³/mol. The summed E-state index contributed by atoms with van der Waals surface area (Å²) < 4.78 is 16.4. The molecule has 0 fully saturated rings. The molecule has 4 nitrogen and oxygen atoms in total. The molecule has 0 saturated heterocycles. The summed E-state index contributed by atoms with van der Waals surface area (Å²) in [5.41, 5.74) is 0.952. The summed E-state index contributed by atoms with van der Waals surface area (Å²) in [4.78, 5) is 24.4. The number of carboxylic acids is 1. The third kappa shape index (κ3) is 8.83. The number of carboxylic acid groups (broad SMARTS) is 1. The Hall–Kier alpha value is -1.47. The molecular weight excluding hydrogens is 462 g/mol. The summed E-state index contributed by atoms with van der Waals surface area (Å²) in [5.74, 6) is -1.76. The Morgan fingerprint density at radius 3 is 2.24 bits per heavy atom. The Bertz CT molecular complexity index is 823. The topological polar surface area (TPSA) is 63.6 Å². The minimum Gasteiger partial charge on any atom is -0.478 e. The third-order valence-electron chi connectivity index (χ3n) is 3.94. The van der Waals surface area contributed by atoms with E-state index >= 15 is 0 Å². The second-order valence-corrected chi connectivity index (χ2v) is 9.90. The molecular formula is C20H18Cl3FO4S. The first-order valence-corrected chi connectivity index (χ1v) is 10.7. The molecule has 1 unspecified atom stereocenters. The normalized spacial score (nSPS) is 12.4. The number of thioether (sulfide) groups is 1. The van der Waals surface area contributed by atoms with Crippen LogP contribution in [0.1, 0.15) is 22.3 Å². The van der Waals surface area contributed by atoms with Gasteiger partial charge in [-0.25, -0.2) is 9.18 Å². The van der Waals surface area contributed by atoms with E-state index in [4.69, 9.17) is 44.6 Å². The minimum atomic E-state index is -1.70. The standard InChI is InChI=1S/C20H18Cl3FO4S/c21-20(22,23)12-28-19(27)15(9-10-29-17-7-5-16(24)6-8-17)11-13-1-3-14(4-2-13)18(25)26/h1-8,15H,9-12H2,(H,25,26). The van der Waals surface area contributed by atoms with Crippen molar-refractivity contribution >= 4 is 58.5 Å². The number of carbonyl (C=O) groups is 2. The van der Waals surface area contributed by atoms with Crippen LogP contribution >= 0.6 is 46.6 Å². The van der Waals surface area contributed by atoms with Gasteiger partial charge in [0.15, 0.2) is 0 Å². The Kier molecular flexibility index (Phi) is 9.08. The van der Waals surface area contributed by atoms with Crippen LogP contribution in [0.15, 0.2) is 53.4 Å². The molecule has 0 saturated carbocycles. The zero-order valence-electron chi connectivity index (χ0n) is 15.1. The molecule has 0 heterocycles. The number of halogens is 4. The molecule has 29 heavy (non-hydrogen) atoms. The lowest BCUT2D eigenvalue weighted by Crippen LogP contribution is -2.25. The van der Waals surface area contributed by atoms with Crippen molar-refractivity contribution in [2.75, 3.05) is 12.4 Å². The van der Waals surface area contributed by atoms with Gasteiger partial charge in [-0.05, 0) is 60.6 Å². The van der Waals surface area contributed by atoms with Crippen molar-refractivity contribution in [2.24, 2.45) is 5.92 Å². The van der Waals surface area contributed by atoms with E-state index < -0.39 is 21.6 Å². The molecule has 0 amide bonds. The van der Waals surface area contributed by atoms with Crippen molar-refractivity contribution in [3.63, 3.8) is 0 Å². The highest BCUT2D eigenvalue weighted by molar-refractivity contribution is 7.99. The van der Waals surface area contributed by atoms with Crippen LogP contribution in [0.4, 0.5) is 4.39 Å². The maximum Gasteiger partial charge on any atom is 0.335 e. The van der Waals surface area contributed by atoms with Gasteiger partial charge < -0.3 is 9.84 Å². The average Bonchev–Trinajstić information content (AvgIpc) is 2.66. The Morgan fingerprint density at radius 2 is 1.69 bits per heavy atom. The molecule has 0 aliphatic heterocycles. The zero-order valence-corrected chi connectivity index (χ0v) is 18.2. The number of hydrogen-bond acceptors (Lipinski definition) is 4. The SMILES string of the molecule is O=C(O)c1ccc(CC(CCSc2ccc(F)cc2)C(=O)OCC(Cl)(Cl)Cl)cc1. The van der Waals surface area contributed by atoms with Gasteiger partial charge in [0, 0.05) is 4.90 Å². The fourth-order valence-electron chi connectivity index (χ4n) is 2.49. The molecule has 0 radical (unpaired) electrons. The number of rotatable bonds is 9. The van der Waals surface area contributed by atoms with Crippen molar-refractivity contribution in [2.45, 2.75) is 21.5 Å². The molecule has 2 aromatic rings. The zero-order chi connectivity index (χ0) is 21.4. The van der Waals surface area contributed by atoms with E-state index in [1.54, 1.807) is 24.3 Å². The summed E-state index contributed by atoms with van der Waals surface area (Å²) in [6.07, 6.45) is 0.823. The van der Waals surface area contributed by atoms with E-state index in [0.29, 0.717) is 18.6 Å². The summed E-state index contributed by atoms with van der Waals surface area (Å²) in [6.45, 7) is -0.365. The van der Waals surface area contributed by atoms with Crippen LogP contribution in [0.2, 0.25) is 0 Å². The van der Waals surface area contributed by atoms with Crippen LogP contribution in [0, 0.1) is 11.7 Å². The second-order valence-electron chi connectivity index (χ2n) is 6.22. The van der Waals surface area contributed by atoms with Gasteiger partial charge >= 0.3 is 11.9 Å². The Morgan fingerprint density at radius 1 is 1.07 bits per heavy atom. The van der Waals surface area contributed by atoms with E-state index in [9.17, 15) is 14.0 Å². The molecule has 0 aromatic heterocycles. The monoisotopic (exact) mass is 478 g/mol. The molecule has 156 valence electrons. The lowest BCUT2D eigenvalue weighted by atomic mass is 9.96. The van der Waals surface area contributed by atoms with Gasteiger partial charge in [-0.1, -0.05) is 46.9 Å². The molecule has 1 atom stereocenters. The van der Waals surface area contributed by atoms with Crippen LogP contribution in [0.25, 0.3) is 0 Å². The molecule has 9 heteroatoms. The smallest absolute Gasteiger partial charge is 0.335 e. The molecule has 0 bridgehead atoms. The number of aromatic carboxylic acids is 1. The average molecular weight is 480 g/mol. The van der Waals surface area contributed by atoms with Gasteiger partial charge in [-0.15, -0.1) is 11.8 Å². The summed E-state index contributed by atoms with van der Waals surface area (Å²) in [5, 5.41) is 9.00. The highest BCUT2D eigenvalue weighted by Crippen LogP contribution is 2.28. The number of ether oxygens (including phenoxy) is 1. The molecule has 0 aliphatic carbocycles. The first kappa shape index (κ1) is 23.8. The van der Waals surface area contributed by atoms with Crippen LogP contribution in [0.5, 0.6) is 0 Å². The predicted octanol–water partition coefficient (Wildman–Crippen LogP) is 5.78. The van der Waals surface area contributed by atoms with Gasteiger partial charge in [-0.2, -0.15) is 0 Å². The maximum absolute atomic E-state index is 13.0. The second kappa shape index (κ2) is 11.1. The fourth-order valence-corrected chi connectivity index (χ4v) is 3.62. The van der Waals surface area contributed by atoms with E-state index in [1.807, 2.05) is 0 Å². The van der Waals surface area contributed by atoms with Gasteiger partial charge in [0.2, 0.25) is 3.79 Å². The van der Waals surface area contributed by atoms with Gasteiger partial charge in [-0.3, -0.25) is 4.79 Å². The fraction of sp³-hybridized carbons (Fsp3) is 0.300. The van der Waals surface area contributed by atoms with Gasteiger partial charge in [0.1, 0.15) is 12.4 Å². The Labute approximate surface area is 187 Å². The highest BCUT2D eigenvalue weighted by Gasteiger charge is 2.26. The molecule has 1 N–H and O–H groups in total. The third-order valence-corrected chi connectivity index (χ3v) is 5.32. The quantitative estimate of drug-likeness (QED) is 0.281. The van der Waals surface area contributed by atoms with Crippen LogP contribution in [0.3, 0.4) is 0 Å². The first-order chi connectivity index (χ1) is 13.6. The van der Waals surface area contributed by atoms with Gasteiger partial charge in [0.25, 0.3) is 0 Å². The van der Waals surface area contributed by atoms with Crippen LogP contribution < -0.4 is 0 Å². The summed E-state index contributed by atoms with van der Waals surface area (Å²) in [6, 6.07) is 12.4. The van der Waals surface area contributed by atoms with Crippen molar-refractivity contribution < 1.29 is 23.8 Å². The van der Waals surface area contributed by atoms with E-state index in [-0.39, 0.29) is 18.0 Å². The molecule has 2 aromatic carbocycles. The molecule has 0 aliphatic rings. The number of hydrogen-bond donors (Lipinski definition) is 1. The maximum atomic E-state index is 13.0. The van der Waals surface area contributed by atoms with Crippen molar-refractivity contribution in [1.82, 2.24) is 0 Å². The van der Waals surface area contributed by atoms with Crippen molar-refractivity contribution in [1.29, 1.82) is 0 Å². The van der Waals surface area contributed by atoms with E-state index in [1.165, 1.54) is 36.0 Å². The number of carbonyl (C=O) groups excluding carboxylic acids is 1. The first-order valence-electron chi connectivity index (χ1n) is 8.58. The van der Waals surface area contributed by atoms with E-state index in [2.05, 4.69) is 0 Å². The van der Waals surface area contributed by atoms with Crippen molar-refractivity contribution in [3.05, 3.63) is 65.5 Å². The molecule has 0 spiro atoms. The summed E-state index contributed by atoms with van der Waals surface area (Å²) >= 11 is 18.4. The highest BCUT2D eigenvalue weighted by atomic mass is 35.6. The lowest BCUT2D eigenvalue weighted by molar-refractivity contribution is -0.148. The van der Waals surface area contributed by atoms with Crippen LogP contribution in [-0.2, 0) is 16.0 Å². The largest absolute Gasteiger partial charge is 0.478 e.